The molecule has 2 amide bonds. The maximum Gasteiger partial charge on any atom is 0.251 e. The lowest BCUT2D eigenvalue weighted by Gasteiger charge is -2.09. The SMILES string of the molecule is Cc1nnc(-c2cccc(NC(=O)CNC(=O)c3cccc(F)c3)c2)n1C. The number of amides is 2. The number of hydrogen-bond donors (Lipinski definition) is 2. The molecule has 0 atom stereocenters. The average Bonchev–Trinajstić information content (AvgIpc) is 2.99. The van der Waals surface area contributed by atoms with Crippen molar-refractivity contribution in [2.75, 3.05) is 11.9 Å². The van der Waals surface area contributed by atoms with Crippen LogP contribution in [0, 0.1) is 12.7 Å². The summed E-state index contributed by atoms with van der Waals surface area (Å²) in [5, 5.41) is 13.3. The van der Waals surface area contributed by atoms with Crippen molar-refractivity contribution in [3.63, 3.8) is 0 Å². The highest BCUT2D eigenvalue weighted by atomic mass is 19.1. The molecule has 0 bridgehead atoms. The third-order valence-corrected chi connectivity index (χ3v) is 3.99. The van der Waals surface area contributed by atoms with Gasteiger partial charge in [0.15, 0.2) is 5.82 Å². The number of halogens is 1. The van der Waals surface area contributed by atoms with Crippen LogP contribution in [0.3, 0.4) is 0 Å². The second kappa shape index (κ2) is 7.77. The zero-order valence-corrected chi connectivity index (χ0v) is 14.9. The van der Waals surface area contributed by atoms with E-state index in [2.05, 4.69) is 20.8 Å². The lowest BCUT2D eigenvalue weighted by Crippen LogP contribution is -2.32. The smallest absolute Gasteiger partial charge is 0.251 e. The number of anilines is 1. The van der Waals surface area contributed by atoms with Gasteiger partial charge in [0, 0.05) is 23.9 Å². The molecule has 3 rings (SSSR count). The summed E-state index contributed by atoms with van der Waals surface area (Å²) in [4.78, 5) is 24.1. The summed E-state index contributed by atoms with van der Waals surface area (Å²) >= 11 is 0. The van der Waals surface area contributed by atoms with Crippen molar-refractivity contribution >= 4 is 17.5 Å². The summed E-state index contributed by atoms with van der Waals surface area (Å²) in [7, 11) is 1.86. The zero-order chi connectivity index (χ0) is 19.4. The minimum atomic E-state index is -0.520. The van der Waals surface area contributed by atoms with Crippen LogP contribution >= 0.6 is 0 Å². The average molecular weight is 367 g/mol. The lowest BCUT2D eigenvalue weighted by atomic mass is 10.2. The first-order valence-corrected chi connectivity index (χ1v) is 8.24. The van der Waals surface area contributed by atoms with Gasteiger partial charge in [-0.25, -0.2) is 4.39 Å². The van der Waals surface area contributed by atoms with Crippen LogP contribution in [-0.2, 0) is 11.8 Å². The van der Waals surface area contributed by atoms with Gasteiger partial charge in [-0.15, -0.1) is 10.2 Å². The summed E-state index contributed by atoms with van der Waals surface area (Å²) in [5.41, 5.74) is 1.53. The molecule has 1 heterocycles. The number of carbonyl (C=O) groups excluding carboxylic acids is 2. The van der Waals surface area contributed by atoms with Gasteiger partial charge in [-0.05, 0) is 37.3 Å². The molecule has 3 aromatic rings. The lowest BCUT2D eigenvalue weighted by molar-refractivity contribution is -0.115. The van der Waals surface area contributed by atoms with Gasteiger partial charge in [-0.1, -0.05) is 18.2 Å². The molecule has 0 unspecified atom stereocenters. The Kier molecular flexibility index (Phi) is 5.25. The van der Waals surface area contributed by atoms with Gasteiger partial charge in [0.25, 0.3) is 5.91 Å². The quantitative estimate of drug-likeness (QED) is 0.724. The number of benzene rings is 2. The fourth-order valence-corrected chi connectivity index (χ4v) is 2.49. The van der Waals surface area contributed by atoms with Gasteiger partial charge in [0.1, 0.15) is 11.6 Å². The van der Waals surface area contributed by atoms with Crippen molar-refractivity contribution in [3.05, 3.63) is 65.7 Å². The van der Waals surface area contributed by atoms with E-state index in [-0.39, 0.29) is 12.1 Å². The fourth-order valence-electron chi connectivity index (χ4n) is 2.49. The number of carbonyl (C=O) groups is 2. The van der Waals surface area contributed by atoms with Crippen LogP contribution in [0.5, 0.6) is 0 Å². The summed E-state index contributed by atoms with van der Waals surface area (Å²) in [6.45, 7) is 1.62. The van der Waals surface area contributed by atoms with E-state index in [1.54, 1.807) is 18.2 Å². The molecule has 27 heavy (non-hydrogen) atoms. The standard InChI is InChI=1S/C19H18FN5O2/c1-12-23-24-18(25(12)2)13-5-4-8-16(10-13)22-17(26)11-21-19(27)14-6-3-7-15(20)9-14/h3-10H,11H2,1-2H3,(H,21,27)(H,22,26). The van der Waals surface area contributed by atoms with Gasteiger partial charge in [0.05, 0.1) is 6.54 Å². The highest BCUT2D eigenvalue weighted by Gasteiger charge is 2.11. The molecule has 0 aliphatic rings. The van der Waals surface area contributed by atoms with E-state index in [1.807, 2.05) is 24.6 Å². The van der Waals surface area contributed by atoms with E-state index in [9.17, 15) is 14.0 Å². The number of rotatable bonds is 5. The largest absolute Gasteiger partial charge is 0.343 e. The number of hydrogen-bond acceptors (Lipinski definition) is 4. The van der Waals surface area contributed by atoms with Crippen molar-refractivity contribution in [2.24, 2.45) is 7.05 Å². The van der Waals surface area contributed by atoms with Crippen molar-refractivity contribution in [3.8, 4) is 11.4 Å². The number of nitrogens with one attached hydrogen (secondary N) is 2. The Labute approximate surface area is 155 Å². The van der Waals surface area contributed by atoms with Crippen LogP contribution in [0.4, 0.5) is 10.1 Å². The van der Waals surface area contributed by atoms with Crippen LogP contribution in [0.25, 0.3) is 11.4 Å². The first kappa shape index (κ1) is 18.2. The fraction of sp³-hybridized carbons (Fsp3) is 0.158. The van der Waals surface area contributed by atoms with E-state index >= 15 is 0 Å². The van der Waals surface area contributed by atoms with Crippen molar-refractivity contribution < 1.29 is 14.0 Å². The van der Waals surface area contributed by atoms with Crippen molar-refractivity contribution in [2.45, 2.75) is 6.92 Å². The molecule has 0 spiro atoms. The summed E-state index contributed by atoms with van der Waals surface area (Å²) in [6, 6.07) is 12.4. The van der Waals surface area contributed by atoms with Crippen molar-refractivity contribution in [1.29, 1.82) is 0 Å². The number of aryl methyl sites for hydroxylation is 1. The predicted molar refractivity (Wildman–Crippen MR) is 98.5 cm³/mol. The topological polar surface area (TPSA) is 88.9 Å². The van der Waals surface area contributed by atoms with E-state index in [0.717, 1.165) is 17.5 Å². The van der Waals surface area contributed by atoms with Gasteiger partial charge in [0.2, 0.25) is 5.91 Å². The summed E-state index contributed by atoms with van der Waals surface area (Å²) in [6.07, 6.45) is 0. The van der Waals surface area contributed by atoms with Gasteiger partial charge in [-0.3, -0.25) is 9.59 Å². The number of nitrogens with zero attached hydrogens (tertiary/aromatic N) is 3. The van der Waals surface area contributed by atoms with Crippen LogP contribution in [0.15, 0.2) is 48.5 Å². The second-order valence-corrected chi connectivity index (χ2v) is 5.95. The van der Waals surface area contributed by atoms with Crippen molar-refractivity contribution in [1.82, 2.24) is 20.1 Å². The molecule has 0 fully saturated rings. The van der Waals surface area contributed by atoms with E-state index in [1.165, 1.54) is 18.2 Å². The Balaban J connectivity index is 1.62. The third kappa shape index (κ3) is 4.35. The number of aromatic nitrogens is 3. The summed E-state index contributed by atoms with van der Waals surface area (Å²) < 4.78 is 15.0. The van der Waals surface area contributed by atoms with Gasteiger partial charge in [-0.2, -0.15) is 0 Å². The maximum absolute atomic E-state index is 13.2. The highest BCUT2D eigenvalue weighted by Crippen LogP contribution is 2.21. The molecule has 2 aromatic carbocycles. The maximum atomic E-state index is 13.2. The zero-order valence-electron chi connectivity index (χ0n) is 14.9. The Morgan fingerprint density at radius 1 is 1.11 bits per heavy atom. The Hall–Kier alpha value is -3.55. The molecule has 8 heteroatoms. The third-order valence-electron chi connectivity index (χ3n) is 3.99. The monoisotopic (exact) mass is 367 g/mol. The van der Waals surface area contributed by atoms with Gasteiger partial charge < -0.3 is 15.2 Å². The molecule has 7 nitrogen and oxygen atoms in total. The van der Waals surface area contributed by atoms with E-state index < -0.39 is 17.6 Å². The molecule has 0 aliphatic carbocycles. The van der Waals surface area contributed by atoms with Crippen LogP contribution in [0.2, 0.25) is 0 Å². The molecule has 0 aliphatic heterocycles. The van der Waals surface area contributed by atoms with Crippen LogP contribution in [0.1, 0.15) is 16.2 Å². The Bertz CT molecular complexity index is 999. The minimum Gasteiger partial charge on any atom is -0.343 e. The molecular formula is C19H18FN5O2. The van der Waals surface area contributed by atoms with E-state index in [0.29, 0.717) is 11.5 Å². The normalized spacial score (nSPS) is 10.5. The summed E-state index contributed by atoms with van der Waals surface area (Å²) in [5.74, 6) is 0.0319. The molecule has 0 saturated heterocycles. The molecule has 0 saturated carbocycles. The molecule has 1 aromatic heterocycles. The minimum absolute atomic E-state index is 0.155. The van der Waals surface area contributed by atoms with Crippen LogP contribution < -0.4 is 10.6 Å². The van der Waals surface area contributed by atoms with E-state index in [4.69, 9.17) is 0 Å². The van der Waals surface area contributed by atoms with Gasteiger partial charge >= 0.3 is 0 Å². The van der Waals surface area contributed by atoms with Crippen LogP contribution in [-0.4, -0.2) is 33.1 Å². The predicted octanol–water partition coefficient (Wildman–Crippen LogP) is 2.30. The molecule has 2 N–H and O–H groups in total. The Morgan fingerprint density at radius 3 is 2.59 bits per heavy atom. The molecule has 138 valence electrons. The Morgan fingerprint density at radius 2 is 1.89 bits per heavy atom. The first-order valence-electron chi connectivity index (χ1n) is 8.24. The second-order valence-electron chi connectivity index (χ2n) is 5.95. The molecular weight excluding hydrogens is 349 g/mol. The first-order chi connectivity index (χ1) is 12.9. The highest BCUT2D eigenvalue weighted by molar-refractivity contribution is 5.99. The molecule has 0 radical (unpaired) electrons.